The second-order valence-electron chi connectivity index (χ2n) is 3.60. The quantitative estimate of drug-likeness (QED) is 0.887. The van der Waals surface area contributed by atoms with Crippen molar-refractivity contribution in [2.75, 3.05) is 0 Å². The molecule has 2 aromatic rings. The van der Waals surface area contributed by atoms with Gasteiger partial charge in [0, 0.05) is 6.42 Å². The number of benzene rings is 1. The van der Waals surface area contributed by atoms with Gasteiger partial charge < -0.3 is 9.52 Å². The first-order valence-corrected chi connectivity index (χ1v) is 6.47. The summed E-state index contributed by atoms with van der Waals surface area (Å²) < 4.78 is 5.95. The van der Waals surface area contributed by atoms with Crippen molar-refractivity contribution in [3.05, 3.63) is 56.4 Å². The van der Waals surface area contributed by atoms with Gasteiger partial charge in [-0.3, -0.25) is 0 Å². The van der Waals surface area contributed by atoms with Crippen LogP contribution in [0.4, 0.5) is 0 Å². The molecule has 90 valence electrons. The fourth-order valence-electron chi connectivity index (χ4n) is 1.53. The molecule has 0 saturated carbocycles. The van der Waals surface area contributed by atoms with Crippen molar-refractivity contribution in [1.29, 1.82) is 0 Å². The van der Waals surface area contributed by atoms with Crippen molar-refractivity contribution in [3.8, 4) is 0 Å². The van der Waals surface area contributed by atoms with E-state index in [1.807, 2.05) is 6.07 Å². The first kappa shape index (κ1) is 13.0. The van der Waals surface area contributed by atoms with Crippen LogP contribution in [0.2, 0.25) is 10.0 Å². The fraction of sp³-hybridized carbons (Fsp3) is 0.167. The summed E-state index contributed by atoms with van der Waals surface area (Å²) in [6.07, 6.45) is 1.23. The van der Waals surface area contributed by atoms with Gasteiger partial charge in [-0.25, -0.2) is 0 Å². The van der Waals surface area contributed by atoms with Gasteiger partial charge in [-0.2, -0.15) is 0 Å². The van der Waals surface area contributed by atoms with Gasteiger partial charge in [0.25, 0.3) is 0 Å². The molecule has 2 nitrogen and oxygen atoms in total. The summed E-state index contributed by atoms with van der Waals surface area (Å²) >= 11 is 15.0. The van der Waals surface area contributed by atoms with E-state index >= 15 is 0 Å². The van der Waals surface area contributed by atoms with E-state index < -0.39 is 6.10 Å². The van der Waals surface area contributed by atoms with Crippen LogP contribution in [0.15, 0.2) is 39.4 Å². The lowest BCUT2D eigenvalue weighted by molar-refractivity contribution is 0.149. The van der Waals surface area contributed by atoms with Gasteiger partial charge in [0.1, 0.15) is 11.9 Å². The first-order valence-electron chi connectivity index (χ1n) is 4.93. The molecule has 5 heteroatoms. The maximum Gasteiger partial charge on any atom is 0.146 e. The maximum absolute atomic E-state index is 10.0. The van der Waals surface area contributed by atoms with E-state index in [-0.39, 0.29) is 0 Å². The summed E-state index contributed by atoms with van der Waals surface area (Å²) in [5.41, 5.74) is 0.898. The molecular weight excluding hydrogens is 327 g/mol. The minimum atomic E-state index is -0.711. The molecule has 1 aromatic carbocycles. The van der Waals surface area contributed by atoms with Crippen LogP contribution in [0.5, 0.6) is 0 Å². The maximum atomic E-state index is 10.0. The van der Waals surface area contributed by atoms with E-state index in [1.165, 1.54) is 6.26 Å². The van der Waals surface area contributed by atoms with Crippen LogP contribution in [0.25, 0.3) is 0 Å². The third kappa shape index (κ3) is 3.05. The third-order valence-corrected chi connectivity index (χ3v) is 3.75. The van der Waals surface area contributed by atoms with E-state index in [2.05, 4.69) is 15.9 Å². The van der Waals surface area contributed by atoms with Crippen LogP contribution < -0.4 is 0 Å². The number of rotatable bonds is 3. The van der Waals surface area contributed by atoms with Gasteiger partial charge in [-0.05, 0) is 39.7 Å². The zero-order chi connectivity index (χ0) is 12.4. The molecule has 0 aliphatic carbocycles. The largest absolute Gasteiger partial charge is 0.465 e. The van der Waals surface area contributed by atoms with Crippen molar-refractivity contribution in [2.45, 2.75) is 12.5 Å². The lowest BCUT2D eigenvalue weighted by Crippen LogP contribution is -2.01. The second-order valence-corrected chi connectivity index (χ2v) is 5.27. The van der Waals surface area contributed by atoms with Crippen LogP contribution in [-0.2, 0) is 6.42 Å². The van der Waals surface area contributed by atoms with Gasteiger partial charge in [-0.15, -0.1) is 0 Å². The lowest BCUT2D eigenvalue weighted by Gasteiger charge is -2.09. The van der Waals surface area contributed by atoms with Gasteiger partial charge in [0.2, 0.25) is 0 Å². The Morgan fingerprint density at radius 2 is 2.00 bits per heavy atom. The topological polar surface area (TPSA) is 33.4 Å². The molecular formula is C12H9BrCl2O2. The predicted molar refractivity (Wildman–Crippen MR) is 71.5 cm³/mol. The van der Waals surface area contributed by atoms with Gasteiger partial charge in [0.15, 0.2) is 0 Å². The Bertz CT molecular complexity index is 525. The van der Waals surface area contributed by atoms with Gasteiger partial charge >= 0.3 is 0 Å². The lowest BCUT2D eigenvalue weighted by atomic mass is 10.1. The number of aliphatic hydroxyl groups is 1. The summed E-state index contributed by atoms with van der Waals surface area (Å²) in [5.74, 6) is 0.510. The number of aliphatic hydroxyl groups excluding tert-OH is 1. The Labute approximate surface area is 117 Å². The third-order valence-electron chi connectivity index (χ3n) is 2.36. The van der Waals surface area contributed by atoms with Crippen molar-refractivity contribution < 1.29 is 9.52 Å². The van der Waals surface area contributed by atoms with Crippen LogP contribution in [0, 0.1) is 0 Å². The average molecular weight is 336 g/mol. The highest BCUT2D eigenvalue weighted by molar-refractivity contribution is 9.10. The summed E-state index contributed by atoms with van der Waals surface area (Å²) in [6, 6.07) is 7.02. The van der Waals surface area contributed by atoms with E-state index in [9.17, 15) is 5.11 Å². The zero-order valence-electron chi connectivity index (χ0n) is 8.66. The molecule has 17 heavy (non-hydrogen) atoms. The number of hydrogen-bond donors (Lipinski definition) is 1. The Hall–Kier alpha value is -0.480. The second kappa shape index (κ2) is 5.44. The minimum absolute atomic E-state index is 0.420. The summed E-state index contributed by atoms with van der Waals surface area (Å²) in [5, 5.41) is 11.0. The molecule has 0 radical (unpaired) electrons. The predicted octanol–water partition coefficient (Wildman–Crippen LogP) is 4.63. The van der Waals surface area contributed by atoms with Crippen LogP contribution in [-0.4, -0.2) is 5.11 Å². The smallest absolute Gasteiger partial charge is 0.146 e. The molecule has 1 unspecified atom stereocenters. The molecule has 0 aliphatic rings. The Kier molecular flexibility index (Phi) is 4.15. The van der Waals surface area contributed by atoms with E-state index in [0.717, 1.165) is 10.0 Å². The van der Waals surface area contributed by atoms with Crippen molar-refractivity contribution >= 4 is 39.1 Å². The Morgan fingerprint density at radius 3 is 2.59 bits per heavy atom. The molecule has 0 amide bonds. The molecule has 0 saturated heterocycles. The van der Waals surface area contributed by atoms with Crippen molar-refractivity contribution in [1.82, 2.24) is 0 Å². The minimum Gasteiger partial charge on any atom is -0.465 e. The van der Waals surface area contributed by atoms with E-state index in [0.29, 0.717) is 22.2 Å². The van der Waals surface area contributed by atoms with Crippen LogP contribution in [0.1, 0.15) is 17.4 Å². The molecule has 1 heterocycles. The van der Waals surface area contributed by atoms with Crippen molar-refractivity contribution in [2.24, 2.45) is 0 Å². The van der Waals surface area contributed by atoms with Crippen LogP contribution >= 0.6 is 39.1 Å². The van der Waals surface area contributed by atoms with Gasteiger partial charge in [-0.1, -0.05) is 29.3 Å². The summed E-state index contributed by atoms with van der Waals surface area (Å²) in [7, 11) is 0. The highest BCUT2D eigenvalue weighted by Crippen LogP contribution is 2.29. The molecule has 1 N–H and O–H groups in total. The molecule has 0 spiro atoms. The Balaban J connectivity index is 2.16. The fourth-order valence-corrected chi connectivity index (χ4v) is 2.31. The van der Waals surface area contributed by atoms with Crippen LogP contribution in [0.3, 0.4) is 0 Å². The number of halogens is 3. The Morgan fingerprint density at radius 1 is 1.24 bits per heavy atom. The molecule has 0 fully saturated rings. The highest BCUT2D eigenvalue weighted by atomic mass is 79.9. The monoisotopic (exact) mass is 334 g/mol. The molecule has 0 bridgehead atoms. The SMILES string of the molecule is OC(Cc1ccc(Cl)c(Cl)c1)c1occc1Br. The number of hydrogen-bond acceptors (Lipinski definition) is 2. The van der Waals surface area contributed by atoms with E-state index in [4.69, 9.17) is 27.6 Å². The van der Waals surface area contributed by atoms with Crippen molar-refractivity contribution in [3.63, 3.8) is 0 Å². The number of furan rings is 1. The van der Waals surface area contributed by atoms with Gasteiger partial charge in [0.05, 0.1) is 20.8 Å². The average Bonchev–Trinajstić information content (AvgIpc) is 2.70. The summed E-state index contributed by atoms with van der Waals surface area (Å²) in [6.45, 7) is 0. The molecule has 0 aliphatic heterocycles. The standard InChI is InChI=1S/C12H9BrCl2O2/c13-8-3-4-17-12(8)11(16)6-7-1-2-9(14)10(15)5-7/h1-5,11,16H,6H2. The summed E-state index contributed by atoms with van der Waals surface area (Å²) in [4.78, 5) is 0. The zero-order valence-corrected chi connectivity index (χ0v) is 11.8. The highest BCUT2D eigenvalue weighted by Gasteiger charge is 2.15. The normalized spacial score (nSPS) is 12.7. The first-order chi connectivity index (χ1) is 8.08. The molecule has 1 aromatic heterocycles. The van der Waals surface area contributed by atoms with E-state index in [1.54, 1.807) is 18.2 Å². The molecule has 1 atom stereocenters. The molecule has 2 rings (SSSR count).